The summed E-state index contributed by atoms with van der Waals surface area (Å²) < 4.78 is 115. The summed E-state index contributed by atoms with van der Waals surface area (Å²) in [6.45, 7) is -11.2. The maximum absolute atomic E-state index is 12.1. The molecule has 50 atom stereocenters. The first-order valence-corrected chi connectivity index (χ1v) is 35.2. The SMILES string of the molecule is OC[C@H]1O[C@H](O[C@H]2[C@H](O)[C@@H](O)[C@@H](OC[C@H]3O[C@@H]4O[C@H]5[C@H](O)[C@@H](O)[C@@H](O[C@H]6[C@H](O)[C@@H](O)[C@@H](O[C@H]7[C@H](O)[C@@H](O)[C@@H](O[C@H]8[C@H](O)[C@@H](O)[C@@H](O[C@H]9[C@H](O)[C@@H](O)[C@@H](O[C@H]%10[C@H](O)[C@@H](O)[C@@H](O[C@H]%11[C@H](O)[C@@H](O)[C@@H](O[C@H]3[C@H](O)[C@H]4O)O[C@@H]%11CO)O[C@@H]%10CO)O[C@@H]9CO)O[C@@H]8CO)O[C@@H]7CO)O[C@@H]6CO)O[C@@H]5CO)O[C@@H]2CO)[C@H](O)[C@@H](O)[C@@H]1O. The molecule has 0 unspecified atom stereocenters. The van der Waals surface area contributed by atoms with Crippen molar-refractivity contribution in [2.24, 2.45) is 0 Å². The average Bonchev–Trinajstić information content (AvgIpc) is 0.773. The van der Waals surface area contributed by atoms with Crippen molar-refractivity contribution in [2.75, 3.05) is 66.1 Å². The van der Waals surface area contributed by atoms with Crippen LogP contribution in [0.4, 0.5) is 0 Å². The third-order valence-corrected chi connectivity index (χ3v) is 21.1. The Balaban J connectivity index is 0.870. The van der Waals surface area contributed by atoms with Crippen LogP contribution in [0.15, 0.2) is 0 Å². The normalized spacial score (nSPS) is 55.1. The van der Waals surface area contributed by atoms with Crippen molar-refractivity contribution in [3.05, 3.63) is 0 Å². The molecule has 0 spiro atoms. The molecule has 0 aromatic heterocycles. The highest BCUT2D eigenvalue weighted by Crippen LogP contribution is 2.41. The van der Waals surface area contributed by atoms with Gasteiger partial charge in [-0.15, -0.1) is 0 Å². The summed E-state index contributed by atoms with van der Waals surface area (Å²) >= 11 is 0. The second-order valence-corrected chi connectivity index (χ2v) is 28.1. The summed E-state index contributed by atoms with van der Waals surface area (Å²) in [6.07, 6.45) is -106. The first kappa shape index (κ1) is 88.8. The van der Waals surface area contributed by atoms with Gasteiger partial charge < -0.3 is 248 Å². The molecule has 0 aromatic carbocycles. The molecule has 0 saturated carbocycles. The minimum Gasteiger partial charge on any atom is -0.394 e. The van der Waals surface area contributed by atoms with Crippen LogP contribution in [0.5, 0.6) is 0 Å². The third-order valence-electron chi connectivity index (χ3n) is 21.1. The highest BCUT2D eigenvalue weighted by atomic mass is 16.8. The van der Waals surface area contributed by atoms with E-state index in [1.165, 1.54) is 0 Å². The van der Waals surface area contributed by atoms with Gasteiger partial charge in [-0.1, -0.05) is 0 Å². The van der Waals surface area contributed by atoms with Gasteiger partial charge in [-0.05, 0) is 0 Å². The minimum atomic E-state index is -2.47. The van der Waals surface area contributed by atoms with Crippen molar-refractivity contribution in [1.82, 2.24) is 0 Å². The molecule has 0 aliphatic carbocycles. The van der Waals surface area contributed by atoms with Crippen LogP contribution in [-0.4, -0.2) is 526 Å². The van der Waals surface area contributed by atoms with Crippen LogP contribution in [0.1, 0.15) is 0 Å². The monoisotopic (exact) mass is 1620 g/mol. The average molecular weight is 1620 g/mol. The van der Waals surface area contributed by atoms with Crippen LogP contribution < -0.4 is 0 Å². The molecule has 32 rings (SSSR count). The number of hydrogen-bond donors (Lipinski definition) is 30. The minimum absolute atomic E-state index is 0.922. The van der Waals surface area contributed by atoms with Gasteiger partial charge in [0.25, 0.3) is 0 Å². The van der Waals surface area contributed by atoms with Crippen molar-refractivity contribution >= 4 is 0 Å². The van der Waals surface area contributed by atoms with E-state index >= 15 is 0 Å². The van der Waals surface area contributed by atoms with Crippen LogP contribution in [0.3, 0.4) is 0 Å². The molecule has 0 amide bonds. The lowest BCUT2D eigenvalue weighted by molar-refractivity contribution is -0.405. The molecule has 50 heteroatoms. The highest BCUT2D eigenvalue weighted by molar-refractivity contribution is 5.04. The van der Waals surface area contributed by atoms with Crippen LogP contribution in [-0.2, 0) is 94.7 Å². The second kappa shape index (κ2) is 37.9. The van der Waals surface area contributed by atoms with Crippen molar-refractivity contribution in [1.29, 1.82) is 0 Å². The molecule has 32 heterocycles. The Morgan fingerprint density at radius 1 is 0.164 bits per heavy atom. The lowest BCUT2D eigenvalue weighted by Gasteiger charge is -2.51. The van der Waals surface area contributed by atoms with Crippen LogP contribution in [0.25, 0.3) is 0 Å². The van der Waals surface area contributed by atoms with Gasteiger partial charge in [-0.2, -0.15) is 0 Å². The Hall–Kier alpha value is -2.00. The van der Waals surface area contributed by atoms with Crippen molar-refractivity contribution in [3.8, 4) is 0 Å². The molecular formula is C60H100O50. The van der Waals surface area contributed by atoms with E-state index in [1.807, 2.05) is 0 Å². The maximum atomic E-state index is 12.1. The first-order valence-electron chi connectivity index (χ1n) is 35.2. The summed E-state index contributed by atoms with van der Waals surface area (Å²) in [7, 11) is 0. The van der Waals surface area contributed by atoms with E-state index in [-0.39, 0.29) is 0 Å². The van der Waals surface area contributed by atoms with E-state index in [9.17, 15) is 153 Å². The van der Waals surface area contributed by atoms with Crippen LogP contribution in [0.2, 0.25) is 0 Å². The molecule has 30 N–H and O–H groups in total. The quantitative estimate of drug-likeness (QED) is 0.0768. The van der Waals surface area contributed by atoms with E-state index < -0.39 is 373 Å². The molecular weight excluding hydrogens is 1520 g/mol. The Labute approximate surface area is 619 Å². The van der Waals surface area contributed by atoms with Gasteiger partial charge in [-0.25, -0.2) is 0 Å². The van der Waals surface area contributed by atoms with Crippen molar-refractivity contribution < 1.29 is 248 Å². The number of aliphatic hydroxyl groups is 30. The first-order chi connectivity index (χ1) is 52.3. The number of aliphatic hydroxyl groups excluding tert-OH is 30. The summed E-state index contributed by atoms with van der Waals surface area (Å²) in [6, 6.07) is 0. The van der Waals surface area contributed by atoms with Crippen molar-refractivity contribution in [2.45, 2.75) is 307 Å². The Morgan fingerprint density at radius 2 is 0.364 bits per heavy atom. The number of ether oxygens (including phenoxy) is 20. The molecule has 110 heavy (non-hydrogen) atoms. The van der Waals surface area contributed by atoms with E-state index in [0.717, 1.165) is 0 Å². The fraction of sp³-hybridized carbons (Fsp3) is 1.00. The summed E-state index contributed by atoms with van der Waals surface area (Å²) in [5.41, 5.74) is 0. The molecule has 32 saturated heterocycles. The fourth-order valence-electron chi connectivity index (χ4n) is 14.8. The standard InChI is InChI=1S/C60H100O50/c61-1-11-21(70)22(71)32(81)52(92-11)102-42-12(2-62)93-51(33(82)23(42)72)91-10-20-50-31(80)41(90)60(101-20)109-49-19(9-69)99-58(39(88)29(49)78)107-47-17(7-67)97-56(37(86)27(47)76)105-45-15(5-65)95-54(35(84)25(45)74)103-43-13(3-63)94-53(34(83)24(43)73)104-44-14(4-64)96-55(36(85)26(44)75)106-46-16(6-66)98-57(38(87)28(46)77)108-48-18(8-68)100-59(110-50)40(89)30(48)79/h11-90H,1-10H2/t11-,12-,13-,14-,15-,16-,17-,18-,19-,20-,21-,22+,23-,24-,25-,26-,27-,28-,29-,30-,31-,32-,33-,34-,35-,36-,37-,38-,39-,40-,41-,42-,43-,44-,45-,46-,47-,48-,49-,50-,51+,52-,53-,54-,55-,56-,57-,58-,59-,60-/m1/s1. The smallest absolute Gasteiger partial charge is 0.187 e. The van der Waals surface area contributed by atoms with Gasteiger partial charge in [0.2, 0.25) is 0 Å². The lowest BCUT2D eigenvalue weighted by Crippen LogP contribution is -2.69. The summed E-state index contributed by atoms with van der Waals surface area (Å²) in [4.78, 5) is 0. The second-order valence-electron chi connectivity index (χ2n) is 28.1. The Bertz CT molecular complexity index is 2780. The highest BCUT2D eigenvalue weighted by Gasteiger charge is 2.62. The molecule has 640 valence electrons. The Morgan fingerprint density at radius 3 is 0.591 bits per heavy atom. The van der Waals surface area contributed by atoms with Crippen molar-refractivity contribution in [3.63, 3.8) is 0 Å². The molecule has 50 nitrogen and oxygen atoms in total. The maximum Gasteiger partial charge on any atom is 0.187 e. The molecule has 32 fully saturated rings. The van der Waals surface area contributed by atoms with Crippen LogP contribution >= 0.6 is 0 Å². The zero-order valence-corrected chi connectivity index (χ0v) is 57.5. The fourth-order valence-corrected chi connectivity index (χ4v) is 14.8. The van der Waals surface area contributed by atoms with Gasteiger partial charge in [0.15, 0.2) is 62.9 Å². The summed E-state index contributed by atoms with van der Waals surface area (Å²) in [5.74, 6) is 0. The van der Waals surface area contributed by atoms with E-state index in [0.29, 0.717) is 0 Å². The van der Waals surface area contributed by atoms with E-state index in [2.05, 4.69) is 0 Å². The lowest BCUT2D eigenvalue weighted by atomic mass is 9.94. The number of hydrogen-bond acceptors (Lipinski definition) is 50. The molecule has 0 aromatic rings. The largest absolute Gasteiger partial charge is 0.394 e. The van der Waals surface area contributed by atoms with E-state index in [4.69, 9.17) is 94.7 Å². The van der Waals surface area contributed by atoms with Gasteiger partial charge in [0, 0.05) is 0 Å². The topological polar surface area (TPSA) is 792 Å². The van der Waals surface area contributed by atoms with Gasteiger partial charge in [0.1, 0.15) is 244 Å². The molecule has 32 aliphatic heterocycles. The third kappa shape index (κ3) is 17.7. The predicted molar refractivity (Wildman–Crippen MR) is 326 cm³/mol. The molecule has 0 radical (unpaired) electrons. The predicted octanol–water partition coefficient (Wildman–Crippen LogP) is -21.8. The number of rotatable bonds is 14. The van der Waals surface area contributed by atoms with Gasteiger partial charge in [0.05, 0.1) is 66.1 Å². The van der Waals surface area contributed by atoms with Crippen LogP contribution in [0, 0.1) is 0 Å². The molecule has 32 aliphatic rings. The zero-order valence-electron chi connectivity index (χ0n) is 57.5. The molecule has 16 bridgehead atoms. The zero-order chi connectivity index (χ0) is 80.1. The van der Waals surface area contributed by atoms with Gasteiger partial charge in [-0.3, -0.25) is 0 Å². The summed E-state index contributed by atoms with van der Waals surface area (Å²) in [5, 5.41) is 334. The van der Waals surface area contributed by atoms with E-state index in [1.54, 1.807) is 0 Å². The van der Waals surface area contributed by atoms with Gasteiger partial charge >= 0.3 is 0 Å². The Kier molecular flexibility index (Phi) is 30.6.